The van der Waals surface area contributed by atoms with Crippen LogP contribution in [0.15, 0.2) is 12.2 Å². The molecule has 0 aromatic rings. The summed E-state index contributed by atoms with van der Waals surface area (Å²) in [4.78, 5) is 0. The van der Waals surface area contributed by atoms with Crippen molar-refractivity contribution in [1.29, 1.82) is 0 Å². The molecule has 56 valence electrons. The van der Waals surface area contributed by atoms with Gasteiger partial charge in [0, 0.05) is 12.5 Å². The molecule has 1 saturated heterocycles. The molecule has 2 unspecified atom stereocenters. The molecule has 0 aromatic carbocycles. The van der Waals surface area contributed by atoms with E-state index in [0.29, 0.717) is 6.10 Å². The molecule has 2 heteroatoms. The van der Waals surface area contributed by atoms with Gasteiger partial charge in [0.2, 0.25) is 0 Å². The predicted molar refractivity (Wildman–Crippen MR) is 39.6 cm³/mol. The van der Waals surface area contributed by atoms with Crippen LogP contribution in [0.4, 0.5) is 0 Å². The smallest absolute Gasteiger partial charge is 0.0969 e. The van der Waals surface area contributed by atoms with E-state index in [1.807, 2.05) is 0 Å². The van der Waals surface area contributed by atoms with Gasteiger partial charge in [0.1, 0.15) is 0 Å². The van der Waals surface area contributed by atoms with Gasteiger partial charge < -0.3 is 4.74 Å². The van der Waals surface area contributed by atoms with Crippen LogP contribution in [0.1, 0.15) is 12.8 Å². The lowest BCUT2D eigenvalue weighted by Gasteiger charge is -2.33. The van der Waals surface area contributed by atoms with E-state index < -0.39 is 0 Å². The lowest BCUT2D eigenvalue weighted by atomic mass is 9.90. The molecule has 1 fully saturated rings. The first-order chi connectivity index (χ1) is 4.97. The van der Waals surface area contributed by atoms with Crippen LogP contribution in [0.3, 0.4) is 0 Å². The van der Waals surface area contributed by atoms with Crippen molar-refractivity contribution in [3.05, 3.63) is 12.2 Å². The standard InChI is InChI=1S/C8H13NO/c1-2-4-8-7(3-1)5-9-6-10-8/h1-2,7-9H,3-6H2. The average Bonchev–Trinajstić information content (AvgIpc) is 2.05. The Labute approximate surface area is 61.3 Å². The molecule has 2 aliphatic rings. The second-order valence-corrected chi connectivity index (χ2v) is 3.01. The second kappa shape index (κ2) is 2.72. The highest BCUT2D eigenvalue weighted by Gasteiger charge is 2.25. The third-order valence-electron chi connectivity index (χ3n) is 2.31. The van der Waals surface area contributed by atoms with Crippen LogP contribution in [0.25, 0.3) is 0 Å². The van der Waals surface area contributed by atoms with Crippen molar-refractivity contribution in [3.8, 4) is 0 Å². The first-order valence-corrected chi connectivity index (χ1v) is 3.94. The minimum atomic E-state index is 0.506. The van der Waals surface area contributed by atoms with Gasteiger partial charge in [-0.3, -0.25) is 5.32 Å². The Hall–Kier alpha value is -0.340. The normalized spacial score (nSPS) is 39.2. The molecule has 2 nitrogen and oxygen atoms in total. The number of nitrogens with one attached hydrogen (secondary N) is 1. The molecule has 1 aliphatic heterocycles. The van der Waals surface area contributed by atoms with E-state index in [4.69, 9.17) is 4.74 Å². The molecular weight excluding hydrogens is 126 g/mol. The molecule has 0 radical (unpaired) electrons. The van der Waals surface area contributed by atoms with Gasteiger partial charge in [-0.15, -0.1) is 0 Å². The maximum absolute atomic E-state index is 5.52. The zero-order valence-electron chi connectivity index (χ0n) is 6.05. The molecule has 0 bridgehead atoms. The fraction of sp³-hybridized carbons (Fsp3) is 0.750. The quantitative estimate of drug-likeness (QED) is 0.503. The molecule has 1 aliphatic carbocycles. The third kappa shape index (κ3) is 1.09. The Morgan fingerprint density at radius 2 is 2.20 bits per heavy atom. The van der Waals surface area contributed by atoms with E-state index in [2.05, 4.69) is 17.5 Å². The number of ether oxygens (including phenoxy) is 1. The Morgan fingerprint density at radius 1 is 1.30 bits per heavy atom. The van der Waals surface area contributed by atoms with Gasteiger partial charge in [0.15, 0.2) is 0 Å². The summed E-state index contributed by atoms with van der Waals surface area (Å²) < 4.78 is 5.52. The van der Waals surface area contributed by atoms with Gasteiger partial charge in [-0.1, -0.05) is 12.2 Å². The number of hydrogen-bond acceptors (Lipinski definition) is 2. The van der Waals surface area contributed by atoms with E-state index in [9.17, 15) is 0 Å². The molecule has 0 aromatic heterocycles. The summed E-state index contributed by atoms with van der Waals surface area (Å²) in [6.07, 6.45) is 7.31. The van der Waals surface area contributed by atoms with E-state index >= 15 is 0 Å². The first-order valence-electron chi connectivity index (χ1n) is 3.94. The van der Waals surface area contributed by atoms with Gasteiger partial charge in [0.05, 0.1) is 12.8 Å². The molecule has 2 atom stereocenters. The second-order valence-electron chi connectivity index (χ2n) is 3.01. The molecule has 10 heavy (non-hydrogen) atoms. The number of hydrogen-bond donors (Lipinski definition) is 1. The molecule has 0 amide bonds. The largest absolute Gasteiger partial charge is 0.362 e. The fourth-order valence-corrected chi connectivity index (χ4v) is 1.67. The minimum absolute atomic E-state index is 0.506. The topological polar surface area (TPSA) is 21.3 Å². The number of allylic oxidation sites excluding steroid dienone is 1. The zero-order chi connectivity index (χ0) is 6.81. The van der Waals surface area contributed by atoms with E-state index in [0.717, 1.165) is 25.6 Å². The molecule has 1 heterocycles. The lowest BCUT2D eigenvalue weighted by molar-refractivity contribution is -0.0322. The summed E-state index contributed by atoms with van der Waals surface area (Å²) >= 11 is 0. The average molecular weight is 139 g/mol. The van der Waals surface area contributed by atoms with Crippen molar-refractivity contribution in [2.24, 2.45) is 5.92 Å². The monoisotopic (exact) mass is 139 g/mol. The highest BCUT2D eigenvalue weighted by atomic mass is 16.5. The minimum Gasteiger partial charge on any atom is -0.362 e. The Kier molecular flexibility index (Phi) is 1.74. The summed E-state index contributed by atoms with van der Waals surface area (Å²) in [5, 5.41) is 3.23. The van der Waals surface area contributed by atoms with Crippen LogP contribution in [0.2, 0.25) is 0 Å². The Morgan fingerprint density at radius 3 is 3.10 bits per heavy atom. The molecule has 2 rings (SSSR count). The van der Waals surface area contributed by atoms with Crippen LogP contribution in [0, 0.1) is 5.92 Å². The van der Waals surface area contributed by atoms with E-state index in [-0.39, 0.29) is 0 Å². The van der Waals surface area contributed by atoms with Crippen LogP contribution < -0.4 is 5.32 Å². The summed E-state index contributed by atoms with van der Waals surface area (Å²) in [5.41, 5.74) is 0. The molecule has 1 N–H and O–H groups in total. The highest BCUT2D eigenvalue weighted by Crippen LogP contribution is 2.23. The van der Waals surface area contributed by atoms with Gasteiger partial charge in [-0.2, -0.15) is 0 Å². The van der Waals surface area contributed by atoms with Crippen LogP contribution in [-0.2, 0) is 4.74 Å². The fourth-order valence-electron chi connectivity index (χ4n) is 1.67. The van der Waals surface area contributed by atoms with Gasteiger partial charge in [0.25, 0.3) is 0 Å². The zero-order valence-corrected chi connectivity index (χ0v) is 6.05. The Balaban J connectivity index is 2.01. The summed E-state index contributed by atoms with van der Waals surface area (Å²) in [7, 11) is 0. The van der Waals surface area contributed by atoms with Crippen molar-refractivity contribution >= 4 is 0 Å². The van der Waals surface area contributed by atoms with Crippen molar-refractivity contribution in [2.75, 3.05) is 13.3 Å². The summed E-state index contributed by atoms with van der Waals surface area (Å²) in [5.74, 6) is 0.735. The van der Waals surface area contributed by atoms with Crippen LogP contribution >= 0.6 is 0 Å². The first kappa shape index (κ1) is 6.38. The highest BCUT2D eigenvalue weighted by molar-refractivity contribution is 4.96. The van der Waals surface area contributed by atoms with Gasteiger partial charge >= 0.3 is 0 Å². The molecular formula is C8H13NO. The van der Waals surface area contributed by atoms with Gasteiger partial charge in [-0.25, -0.2) is 0 Å². The van der Waals surface area contributed by atoms with Crippen molar-refractivity contribution < 1.29 is 4.74 Å². The maximum atomic E-state index is 5.52. The van der Waals surface area contributed by atoms with Crippen molar-refractivity contribution in [1.82, 2.24) is 5.32 Å². The number of rotatable bonds is 0. The van der Waals surface area contributed by atoms with Gasteiger partial charge in [-0.05, 0) is 12.8 Å². The molecule has 0 spiro atoms. The summed E-state index contributed by atoms with van der Waals surface area (Å²) in [6, 6.07) is 0. The van der Waals surface area contributed by atoms with Crippen molar-refractivity contribution in [2.45, 2.75) is 18.9 Å². The lowest BCUT2D eigenvalue weighted by Crippen LogP contribution is -2.42. The summed E-state index contributed by atoms with van der Waals surface area (Å²) in [6.45, 7) is 1.88. The van der Waals surface area contributed by atoms with E-state index in [1.165, 1.54) is 6.42 Å². The van der Waals surface area contributed by atoms with Crippen LogP contribution in [0.5, 0.6) is 0 Å². The Bertz CT molecular complexity index is 128. The van der Waals surface area contributed by atoms with Crippen LogP contribution in [-0.4, -0.2) is 19.4 Å². The van der Waals surface area contributed by atoms with Crippen molar-refractivity contribution in [3.63, 3.8) is 0 Å². The molecule has 0 saturated carbocycles. The maximum Gasteiger partial charge on any atom is 0.0969 e. The van der Waals surface area contributed by atoms with E-state index in [1.54, 1.807) is 0 Å². The number of fused-ring (bicyclic) bond motifs is 1. The predicted octanol–water partition coefficient (Wildman–Crippen LogP) is 0.898. The SMILES string of the molecule is C1=CCC2OCNCC2C1. The third-order valence-corrected chi connectivity index (χ3v) is 2.31.